The minimum Gasteiger partial charge on any atom is -0.486 e. The normalized spacial score (nSPS) is 15.3. The van der Waals surface area contributed by atoms with Gasteiger partial charge in [0.2, 0.25) is 0 Å². The Morgan fingerprint density at radius 2 is 2.16 bits per heavy atom. The summed E-state index contributed by atoms with van der Waals surface area (Å²) < 4.78 is 12.7. The maximum absolute atomic E-state index is 10.3. The number of aliphatic hydroxyl groups excluding tert-OH is 1. The van der Waals surface area contributed by atoms with Crippen molar-refractivity contribution < 1.29 is 14.6 Å². The molecule has 1 N–H and O–H groups in total. The maximum atomic E-state index is 10.3. The highest BCUT2D eigenvalue weighted by Gasteiger charge is 2.22. The molecule has 1 aliphatic rings. The Morgan fingerprint density at radius 3 is 2.89 bits per heavy atom. The van der Waals surface area contributed by atoms with E-state index in [1.807, 2.05) is 7.05 Å². The molecule has 0 amide bonds. The van der Waals surface area contributed by atoms with Gasteiger partial charge in [-0.25, -0.2) is 4.98 Å². The van der Waals surface area contributed by atoms with Crippen LogP contribution in [0.1, 0.15) is 17.5 Å². The molecule has 2 aromatic rings. The van der Waals surface area contributed by atoms with Crippen LogP contribution in [-0.2, 0) is 7.05 Å². The van der Waals surface area contributed by atoms with Crippen molar-refractivity contribution in [3.63, 3.8) is 0 Å². The number of ether oxygens (including phenoxy) is 2. The van der Waals surface area contributed by atoms with E-state index in [0.717, 1.165) is 0 Å². The molecule has 1 unspecified atom stereocenters. The first-order chi connectivity index (χ1) is 9.16. The average molecular weight is 281 g/mol. The molecule has 6 heteroatoms. The Morgan fingerprint density at radius 1 is 1.37 bits per heavy atom. The Balaban J connectivity index is 2.02. The van der Waals surface area contributed by atoms with E-state index in [1.54, 1.807) is 29.1 Å². The van der Waals surface area contributed by atoms with E-state index < -0.39 is 6.10 Å². The van der Waals surface area contributed by atoms with Gasteiger partial charge in [0.15, 0.2) is 11.5 Å². The van der Waals surface area contributed by atoms with Gasteiger partial charge in [-0.15, -0.1) is 0 Å². The lowest BCUT2D eigenvalue weighted by Crippen LogP contribution is -2.16. The quantitative estimate of drug-likeness (QED) is 0.913. The SMILES string of the molecule is Cn1ccnc1C(O)c1cc(Cl)c2c(c1)OCCO2. The summed E-state index contributed by atoms with van der Waals surface area (Å²) in [6.45, 7) is 0.958. The minimum absolute atomic E-state index is 0.431. The fourth-order valence-electron chi connectivity index (χ4n) is 2.08. The summed E-state index contributed by atoms with van der Waals surface area (Å²) in [7, 11) is 1.82. The minimum atomic E-state index is -0.853. The summed E-state index contributed by atoms with van der Waals surface area (Å²) in [5.74, 6) is 1.64. The smallest absolute Gasteiger partial charge is 0.179 e. The third kappa shape index (κ3) is 2.15. The van der Waals surface area contributed by atoms with E-state index in [0.29, 0.717) is 41.1 Å². The van der Waals surface area contributed by atoms with Crippen LogP contribution in [0.4, 0.5) is 0 Å². The van der Waals surface area contributed by atoms with Crippen molar-refractivity contribution in [1.82, 2.24) is 9.55 Å². The molecule has 1 aromatic heterocycles. The Bertz CT molecular complexity index is 612. The third-order valence-corrected chi connectivity index (χ3v) is 3.32. The number of aromatic nitrogens is 2. The van der Waals surface area contributed by atoms with Gasteiger partial charge in [-0.2, -0.15) is 0 Å². The molecular weight excluding hydrogens is 268 g/mol. The summed E-state index contributed by atoms with van der Waals surface area (Å²) in [4.78, 5) is 4.13. The van der Waals surface area contributed by atoms with Gasteiger partial charge in [0.1, 0.15) is 25.1 Å². The van der Waals surface area contributed by atoms with Gasteiger partial charge in [0.05, 0.1) is 5.02 Å². The highest BCUT2D eigenvalue weighted by Crippen LogP contribution is 2.40. The fraction of sp³-hybridized carbons (Fsp3) is 0.308. The largest absolute Gasteiger partial charge is 0.486 e. The van der Waals surface area contributed by atoms with E-state index in [-0.39, 0.29) is 0 Å². The molecule has 0 radical (unpaired) electrons. The zero-order valence-electron chi connectivity index (χ0n) is 10.3. The molecule has 1 atom stereocenters. The highest BCUT2D eigenvalue weighted by molar-refractivity contribution is 6.32. The first-order valence-electron chi connectivity index (χ1n) is 5.91. The van der Waals surface area contributed by atoms with E-state index in [4.69, 9.17) is 21.1 Å². The molecule has 100 valence electrons. The molecule has 1 aliphatic heterocycles. The highest BCUT2D eigenvalue weighted by atomic mass is 35.5. The zero-order chi connectivity index (χ0) is 13.4. The Kier molecular flexibility index (Phi) is 3.08. The molecule has 0 saturated heterocycles. The first-order valence-corrected chi connectivity index (χ1v) is 6.29. The van der Waals surface area contributed by atoms with E-state index in [9.17, 15) is 5.11 Å². The van der Waals surface area contributed by atoms with Gasteiger partial charge in [-0.05, 0) is 17.7 Å². The number of fused-ring (bicyclic) bond motifs is 1. The number of imidazole rings is 1. The summed E-state index contributed by atoms with van der Waals surface area (Å²) in [5.41, 5.74) is 0.628. The zero-order valence-corrected chi connectivity index (χ0v) is 11.1. The number of benzene rings is 1. The van der Waals surface area contributed by atoms with Crippen molar-refractivity contribution in [2.45, 2.75) is 6.10 Å². The van der Waals surface area contributed by atoms with Crippen molar-refractivity contribution in [1.29, 1.82) is 0 Å². The van der Waals surface area contributed by atoms with Crippen LogP contribution in [-0.4, -0.2) is 27.9 Å². The Labute approximate surface area is 115 Å². The lowest BCUT2D eigenvalue weighted by Gasteiger charge is -2.21. The summed E-state index contributed by atoms with van der Waals surface area (Å²) >= 11 is 6.15. The van der Waals surface area contributed by atoms with Gasteiger partial charge in [-0.1, -0.05) is 11.6 Å². The number of rotatable bonds is 2. The summed E-state index contributed by atoms with van der Waals surface area (Å²) in [5, 5.41) is 10.8. The lowest BCUT2D eigenvalue weighted by atomic mass is 10.1. The van der Waals surface area contributed by atoms with Gasteiger partial charge in [0, 0.05) is 19.4 Å². The first kappa shape index (κ1) is 12.3. The van der Waals surface area contributed by atoms with Crippen LogP contribution in [0.3, 0.4) is 0 Å². The van der Waals surface area contributed by atoms with Gasteiger partial charge in [0.25, 0.3) is 0 Å². The van der Waals surface area contributed by atoms with Crippen LogP contribution in [0.5, 0.6) is 11.5 Å². The molecule has 0 bridgehead atoms. The van der Waals surface area contributed by atoms with Crippen LogP contribution in [0.15, 0.2) is 24.5 Å². The average Bonchev–Trinajstić information content (AvgIpc) is 2.84. The van der Waals surface area contributed by atoms with E-state index >= 15 is 0 Å². The molecule has 0 aliphatic carbocycles. The number of hydrogen-bond acceptors (Lipinski definition) is 4. The molecule has 0 spiro atoms. The number of aliphatic hydroxyl groups is 1. The second-order valence-corrected chi connectivity index (χ2v) is 4.73. The molecule has 3 rings (SSSR count). The number of nitrogens with zero attached hydrogens (tertiary/aromatic N) is 2. The van der Waals surface area contributed by atoms with Crippen LogP contribution in [0, 0.1) is 0 Å². The monoisotopic (exact) mass is 280 g/mol. The predicted molar refractivity (Wildman–Crippen MR) is 69.7 cm³/mol. The summed E-state index contributed by atoms with van der Waals surface area (Å²) in [6.07, 6.45) is 2.56. The fourth-order valence-corrected chi connectivity index (χ4v) is 2.35. The number of hydrogen-bond donors (Lipinski definition) is 1. The predicted octanol–water partition coefficient (Wildman–Crippen LogP) is 1.93. The molecule has 5 nitrogen and oxygen atoms in total. The van der Waals surface area contributed by atoms with Gasteiger partial charge < -0.3 is 19.1 Å². The van der Waals surface area contributed by atoms with E-state index in [1.165, 1.54) is 0 Å². The standard InChI is InChI=1S/C13H13ClN2O3/c1-16-3-2-15-13(16)11(17)8-6-9(14)12-10(7-8)18-4-5-19-12/h2-3,6-7,11,17H,4-5H2,1H3. The molecule has 19 heavy (non-hydrogen) atoms. The number of halogens is 1. The van der Waals surface area contributed by atoms with Gasteiger partial charge in [-0.3, -0.25) is 0 Å². The molecule has 2 heterocycles. The Hall–Kier alpha value is -1.72. The van der Waals surface area contributed by atoms with E-state index in [2.05, 4.69) is 4.98 Å². The lowest BCUT2D eigenvalue weighted by molar-refractivity contribution is 0.169. The van der Waals surface area contributed by atoms with Gasteiger partial charge >= 0.3 is 0 Å². The second-order valence-electron chi connectivity index (χ2n) is 4.33. The molecule has 0 saturated carbocycles. The number of aryl methyl sites for hydroxylation is 1. The van der Waals surface area contributed by atoms with Crippen LogP contribution < -0.4 is 9.47 Å². The molecule has 0 fully saturated rings. The van der Waals surface area contributed by atoms with Crippen LogP contribution >= 0.6 is 11.6 Å². The third-order valence-electron chi connectivity index (χ3n) is 3.04. The van der Waals surface area contributed by atoms with Crippen molar-refractivity contribution in [2.75, 3.05) is 13.2 Å². The topological polar surface area (TPSA) is 56.5 Å². The van der Waals surface area contributed by atoms with Crippen molar-refractivity contribution >= 4 is 11.6 Å². The van der Waals surface area contributed by atoms with Crippen LogP contribution in [0.25, 0.3) is 0 Å². The maximum Gasteiger partial charge on any atom is 0.179 e. The molecular formula is C13H13ClN2O3. The summed E-state index contributed by atoms with van der Waals surface area (Å²) in [6, 6.07) is 3.41. The second kappa shape index (κ2) is 4.75. The molecule has 1 aromatic carbocycles. The van der Waals surface area contributed by atoms with Crippen LogP contribution in [0.2, 0.25) is 5.02 Å². The van der Waals surface area contributed by atoms with Crippen molar-refractivity contribution in [3.05, 3.63) is 40.9 Å². The van der Waals surface area contributed by atoms with Crippen molar-refractivity contribution in [3.8, 4) is 11.5 Å². The van der Waals surface area contributed by atoms with Crippen molar-refractivity contribution in [2.24, 2.45) is 7.05 Å².